The number of hydrogen-bond acceptors (Lipinski definition) is 6. The van der Waals surface area contributed by atoms with Crippen LogP contribution < -0.4 is 0 Å². The second-order valence-electron chi connectivity index (χ2n) is 8.55. The molecule has 31 heavy (non-hydrogen) atoms. The number of aromatic nitrogens is 6. The first-order chi connectivity index (χ1) is 14.9. The second kappa shape index (κ2) is 8.53. The maximum Gasteiger partial charge on any atom is 0.177 e. The van der Waals surface area contributed by atoms with Crippen molar-refractivity contribution >= 4 is 5.57 Å². The number of rotatable bonds is 6. The maximum atomic E-state index is 15.4. The van der Waals surface area contributed by atoms with E-state index in [1.807, 2.05) is 6.92 Å². The summed E-state index contributed by atoms with van der Waals surface area (Å²) in [4.78, 5) is 4.39. The molecule has 2 heterocycles. The van der Waals surface area contributed by atoms with Crippen LogP contribution in [0.25, 0.3) is 22.5 Å². The third-order valence-corrected chi connectivity index (χ3v) is 6.34. The molecule has 7 nitrogen and oxygen atoms in total. The third kappa shape index (κ3) is 4.06. The summed E-state index contributed by atoms with van der Waals surface area (Å²) in [5.41, 5.74) is 1.87. The van der Waals surface area contributed by atoms with Gasteiger partial charge < -0.3 is 5.11 Å². The number of hydrogen-bond donors (Lipinski definition) is 1. The number of allylic oxidation sites excluding steroid dienone is 1. The molecule has 0 radical (unpaired) electrons. The van der Waals surface area contributed by atoms with Crippen LogP contribution in [0.3, 0.4) is 0 Å². The van der Waals surface area contributed by atoms with Gasteiger partial charge in [0.25, 0.3) is 0 Å². The number of nitrogens with zero attached hydrogens (tertiary/aromatic N) is 6. The molecule has 1 saturated carbocycles. The predicted octanol–water partition coefficient (Wildman–Crippen LogP) is 4.78. The zero-order valence-electron chi connectivity index (χ0n) is 17.9. The van der Waals surface area contributed by atoms with E-state index >= 15 is 4.39 Å². The van der Waals surface area contributed by atoms with Crippen molar-refractivity contribution in [1.29, 1.82) is 0 Å². The Morgan fingerprint density at radius 1 is 1.35 bits per heavy atom. The van der Waals surface area contributed by atoms with Crippen LogP contribution in [0.5, 0.6) is 5.75 Å². The fraction of sp³-hybridized carbons (Fsp3) is 0.435. The van der Waals surface area contributed by atoms with Gasteiger partial charge in [0.05, 0.1) is 24.3 Å². The molecular weight excluding hydrogens is 395 g/mol. The molecule has 2 aromatic heterocycles. The van der Waals surface area contributed by atoms with Crippen molar-refractivity contribution < 1.29 is 9.50 Å². The van der Waals surface area contributed by atoms with Gasteiger partial charge in [-0.05, 0) is 42.4 Å². The molecule has 0 unspecified atom stereocenters. The summed E-state index contributed by atoms with van der Waals surface area (Å²) in [6, 6.07) is 5.09. The van der Waals surface area contributed by atoms with Gasteiger partial charge in [-0.1, -0.05) is 38.5 Å². The van der Waals surface area contributed by atoms with Gasteiger partial charge in [-0.15, -0.1) is 15.3 Å². The van der Waals surface area contributed by atoms with Crippen LogP contribution in [0.4, 0.5) is 4.39 Å². The van der Waals surface area contributed by atoms with E-state index in [4.69, 9.17) is 0 Å². The molecule has 4 rings (SSSR count). The first kappa shape index (κ1) is 21.1. The van der Waals surface area contributed by atoms with Crippen molar-refractivity contribution in [2.24, 2.45) is 11.3 Å². The molecule has 1 N–H and O–H groups in total. The fourth-order valence-corrected chi connectivity index (χ4v) is 4.62. The Balaban J connectivity index is 1.54. The molecule has 3 aromatic rings. The van der Waals surface area contributed by atoms with Gasteiger partial charge >= 0.3 is 0 Å². The van der Waals surface area contributed by atoms with Crippen LogP contribution in [0.2, 0.25) is 0 Å². The van der Waals surface area contributed by atoms with Crippen molar-refractivity contribution in [3.05, 3.63) is 49.2 Å². The number of alkyl halides is 1. The highest BCUT2D eigenvalue weighted by Gasteiger charge is 2.43. The van der Waals surface area contributed by atoms with Crippen molar-refractivity contribution in [2.45, 2.75) is 52.1 Å². The minimum Gasteiger partial charge on any atom is -0.507 e. The average Bonchev–Trinajstić information content (AvgIpc) is 3.31. The van der Waals surface area contributed by atoms with Gasteiger partial charge in [0.2, 0.25) is 0 Å². The van der Waals surface area contributed by atoms with Gasteiger partial charge in [0, 0.05) is 17.5 Å². The predicted molar refractivity (Wildman–Crippen MR) is 116 cm³/mol. The Morgan fingerprint density at radius 3 is 2.84 bits per heavy atom. The molecule has 0 spiro atoms. The lowest BCUT2D eigenvalue weighted by atomic mass is 9.65. The highest BCUT2D eigenvalue weighted by molar-refractivity contribution is 5.68. The Labute approximate surface area is 181 Å². The van der Waals surface area contributed by atoms with E-state index < -0.39 is 6.17 Å². The molecule has 0 aliphatic heterocycles. The summed E-state index contributed by atoms with van der Waals surface area (Å²) in [6.07, 6.45) is 8.25. The number of phenolic OH excluding ortho intramolecular Hbond substituents is 1. The molecule has 162 valence electrons. The first-order valence-corrected chi connectivity index (χ1v) is 10.7. The topological polar surface area (TPSA) is 89.6 Å². The molecular formula is C23H27FN6O. The lowest BCUT2D eigenvalue weighted by Crippen LogP contribution is -2.39. The molecule has 1 aromatic carbocycles. The summed E-state index contributed by atoms with van der Waals surface area (Å²) in [5, 5.41) is 26.5. The smallest absolute Gasteiger partial charge is 0.177 e. The summed E-state index contributed by atoms with van der Waals surface area (Å²) in [7, 11) is 0. The van der Waals surface area contributed by atoms with Crippen molar-refractivity contribution in [3.63, 3.8) is 0 Å². The van der Waals surface area contributed by atoms with Gasteiger partial charge in [-0.2, -0.15) is 0 Å². The maximum absolute atomic E-state index is 15.4. The van der Waals surface area contributed by atoms with E-state index in [2.05, 4.69) is 39.0 Å². The van der Waals surface area contributed by atoms with Gasteiger partial charge in [-0.3, -0.25) is 0 Å². The number of phenols is 1. The Morgan fingerprint density at radius 2 is 2.19 bits per heavy atom. The van der Waals surface area contributed by atoms with E-state index in [9.17, 15) is 5.11 Å². The van der Waals surface area contributed by atoms with E-state index in [1.54, 1.807) is 41.5 Å². The Hall–Kier alpha value is -3.16. The standard InChI is InChI=1S/C23H27FN6O/c1-4-9-23(3)10-5-6-17(21(23)24)15(2)22-25-14-19(27-28-22)18-8-7-16(13-20(18)31)30-12-11-26-29-30/h7-8,11-14,17,21,31H,2,4-6,9-10H2,1,3H3/t17-,21-,23-/m1/s1. The minimum atomic E-state index is -0.967. The monoisotopic (exact) mass is 422 g/mol. The lowest BCUT2D eigenvalue weighted by Gasteiger charge is -2.42. The van der Waals surface area contributed by atoms with Gasteiger partial charge in [0.1, 0.15) is 17.6 Å². The van der Waals surface area contributed by atoms with E-state index in [0.29, 0.717) is 28.3 Å². The molecule has 1 aliphatic rings. The summed E-state index contributed by atoms with van der Waals surface area (Å²) >= 11 is 0. The number of aromatic hydroxyl groups is 1. The third-order valence-electron chi connectivity index (χ3n) is 6.34. The first-order valence-electron chi connectivity index (χ1n) is 10.7. The summed E-state index contributed by atoms with van der Waals surface area (Å²) < 4.78 is 16.9. The average molecular weight is 423 g/mol. The molecule has 1 aliphatic carbocycles. The Bertz CT molecular complexity index is 1050. The summed E-state index contributed by atoms with van der Waals surface area (Å²) in [5.74, 6) is 0.0892. The number of halogens is 1. The van der Waals surface area contributed by atoms with Crippen LogP contribution in [-0.4, -0.2) is 41.5 Å². The molecule has 1 fully saturated rings. The minimum absolute atomic E-state index is 0.0297. The molecule has 0 bridgehead atoms. The summed E-state index contributed by atoms with van der Waals surface area (Å²) in [6.45, 7) is 8.24. The zero-order chi connectivity index (χ0) is 22.0. The quantitative estimate of drug-likeness (QED) is 0.615. The van der Waals surface area contributed by atoms with Crippen molar-refractivity contribution in [3.8, 4) is 22.7 Å². The van der Waals surface area contributed by atoms with E-state index in [1.165, 1.54) is 0 Å². The van der Waals surface area contributed by atoms with E-state index in [0.717, 1.165) is 32.1 Å². The molecule has 8 heteroatoms. The second-order valence-corrected chi connectivity index (χ2v) is 8.55. The SMILES string of the molecule is C=C(c1ncc(-c2ccc(-n3ccnn3)cc2O)nn1)[C@H]1CCC[C@@](C)(CCC)[C@@H]1F. The van der Waals surface area contributed by atoms with Gasteiger partial charge in [0.15, 0.2) is 5.82 Å². The van der Waals surface area contributed by atoms with Crippen molar-refractivity contribution in [1.82, 2.24) is 30.2 Å². The fourth-order valence-electron chi connectivity index (χ4n) is 4.62. The Kier molecular flexibility index (Phi) is 5.80. The zero-order valence-corrected chi connectivity index (χ0v) is 17.9. The number of benzene rings is 1. The van der Waals surface area contributed by atoms with Crippen molar-refractivity contribution in [2.75, 3.05) is 0 Å². The highest BCUT2D eigenvalue weighted by atomic mass is 19.1. The van der Waals surface area contributed by atoms with Crippen LogP contribution in [0, 0.1) is 11.3 Å². The highest BCUT2D eigenvalue weighted by Crippen LogP contribution is 2.48. The lowest BCUT2D eigenvalue weighted by molar-refractivity contribution is 0.0362. The molecule has 3 atom stereocenters. The van der Waals surface area contributed by atoms with E-state index in [-0.39, 0.29) is 17.1 Å². The normalized spacial score (nSPS) is 23.6. The molecule has 0 saturated heterocycles. The van der Waals surface area contributed by atoms with Gasteiger partial charge in [-0.25, -0.2) is 14.1 Å². The van der Waals surface area contributed by atoms with Crippen LogP contribution >= 0.6 is 0 Å². The molecule has 0 amide bonds. The largest absolute Gasteiger partial charge is 0.507 e. The van der Waals surface area contributed by atoms with Crippen LogP contribution in [0.1, 0.15) is 51.8 Å². The van der Waals surface area contributed by atoms with Crippen LogP contribution in [0.15, 0.2) is 43.4 Å². The van der Waals surface area contributed by atoms with Crippen LogP contribution in [-0.2, 0) is 0 Å².